The van der Waals surface area contributed by atoms with Gasteiger partial charge in [0.25, 0.3) is 21.9 Å². The summed E-state index contributed by atoms with van der Waals surface area (Å²) in [5, 5.41) is 5.19. The molecule has 11 nitrogen and oxygen atoms in total. The van der Waals surface area contributed by atoms with Crippen LogP contribution in [0.1, 0.15) is 46.4 Å². The summed E-state index contributed by atoms with van der Waals surface area (Å²) >= 11 is 0. The Morgan fingerprint density at radius 1 is 1.13 bits per heavy atom. The van der Waals surface area contributed by atoms with Gasteiger partial charge in [-0.2, -0.15) is 8.42 Å². The Labute approximate surface area is 178 Å². The predicted molar refractivity (Wildman–Crippen MR) is 108 cm³/mol. The molecule has 0 saturated carbocycles. The Morgan fingerprint density at radius 2 is 1.90 bits per heavy atom. The molecular weight excluding hydrogens is 430 g/mol. The molecule has 1 atom stereocenters. The number of hydrogen-bond donors (Lipinski definition) is 3. The number of anilines is 1. The minimum Gasteiger partial charge on any atom is -0.382 e. The smallest absolute Gasteiger partial charge is 0.264 e. The number of unbranched alkanes of at least 4 members (excludes halogenated alkanes) is 1. The first-order chi connectivity index (χ1) is 14.7. The number of fused-ring (bicyclic) bond motifs is 1. The number of nitrogens with one attached hydrogen (secondary N) is 2. The maximum absolute atomic E-state index is 12.9. The molecule has 2 aliphatic heterocycles. The van der Waals surface area contributed by atoms with Crippen LogP contribution in [-0.2, 0) is 24.4 Å². The molecule has 1 aromatic rings. The molecule has 1 unspecified atom stereocenters. The number of benzene rings is 1. The van der Waals surface area contributed by atoms with Gasteiger partial charge < -0.3 is 10.1 Å². The van der Waals surface area contributed by atoms with Crippen LogP contribution in [0.4, 0.5) is 5.69 Å². The molecule has 0 bridgehead atoms. The van der Waals surface area contributed by atoms with Crippen molar-refractivity contribution >= 4 is 39.4 Å². The first-order valence-electron chi connectivity index (χ1n) is 9.80. The third-order valence-corrected chi connectivity index (χ3v) is 5.78. The standard InChI is InChI=1S/C19H23N3O8S/c23-15-7-6-14(17(24)21-15)22-18(25)12-4-3-5-13(16(12)19(22)26)20-8-10-30-9-1-2-11-31(27,28)29/h3-5,14,20H,1-2,6-11H2,(H,21,23,24)(H,27,28,29). The maximum Gasteiger partial charge on any atom is 0.264 e. The first kappa shape index (κ1) is 22.8. The minimum absolute atomic E-state index is 0.0521. The topological polar surface area (TPSA) is 159 Å². The molecular formula is C19H23N3O8S. The molecule has 31 heavy (non-hydrogen) atoms. The molecule has 3 N–H and O–H groups in total. The summed E-state index contributed by atoms with van der Waals surface area (Å²) in [5.41, 5.74) is 0.789. The molecule has 1 aromatic carbocycles. The molecule has 0 spiro atoms. The van der Waals surface area contributed by atoms with Gasteiger partial charge in [0.2, 0.25) is 11.8 Å². The lowest BCUT2D eigenvalue weighted by atomic mass is 10.0. The van der Waals surface area contributed by atoms with Crippen molar-refractivity contribution in [2.24, 2.45) is 0 Å². The summed E-state index contributed by atoms with van der Waals surface area (Å²) in [5.74, 6) is -2.58. The number of hydrogen-bond acceptors (Lipinski definition) is 8. The van der Waals surface area contributed by atoms with E-state index in [1.807, 2.05) is 0 Å². The van der Waals surface area contributed by atoms with Crippen molar-refractivity contribution in [3.05, 3.63) is 29.3 Å². The monoisotopic (exact) mass is 453 g/mol. The van der Waals surface area contributed by atoms with E-state index in [2.05, 4.69) is 10.6 Å². The van der Waals surface area contributed by atoms with Crippen LogP contribution in [0, 0.1) is 0 Å². The van der Waals surface area contributed by atoms with Gasteiger partial charge in [0.05, 0.1) is 23.5 Å². The molecule has 1 fully saturated rings. The van der Waals surface area contributed by atoms with E-state index < -0.39 is 39.8 Å². The number of ether oxygens (including phenoxy) is 1. The maximum atomic E-state index is 12.9. The summed E-state index contributed by atoms with van der Waals surface area (Å²) in [7, 11) is -3.97. The number of rotatable bonds is 10. The van der Waals surface area contributed by atoms with Crippen LogP contribution in [0.25, 0.3) is 0 Å². The van der Waals surface area contributed by atoms with Gasteiger partial charge in [-0.3, -0.25) is 33.9 Å². The van der Waals surface area contributed by atoms with Crippen molar-refractivity contribution < 1.29 is 36.9 Å². The number of piperidine rings is 1. The number of amides is 4. The van der Waals surface area contributed by atoms with Gasteiger partial charge in [0, 0.05) is 25.3 Å². The van der Waals surface area contributed by atoms with E-state index in [4.69, 9.17) is 9.29 Å². The average molecular weight is 453 g/mol. The number of carbonyl (C=O) groups is 4. The van der Waals surface area contributed by atoms with E-state index in [0.717, 1.165) is 4.90 Å². The van der Waals surface area contributed by atoms with E-state index in [0.29, 0.717) is 25.3 Å². The average Bonchev–Trinajstić information content (AvgIpc) is 2.95. The molecule has 3 rings (SSSR count). The summed E-state index contributed by atoms with van der Waals surface area (Å²) < 4.78 is 35.3. The SMILES string of the molecule is O=C1CCC(N2C(=O)c3cccc(NCCOCCCCS(=O)(=O)O)c3C2=O)C(=O)N1. The van der Waals surface area contributed by atoms with Crippen LogP contribution in [0.15, 0.2) is 18.2 Å². The van der Waals surface area contributed by atoms with Crippen molar-refractivity contribution in [1.29, 1.82) is 0 Å². The highest BCUT2D eigenvalue weighted by atomic mass is 32.2. The fourth-order valence-electron chi connectivity index (χ4n) is 3.51. The lowest BCUT2D eigenvalue weighted by Gasteiger charge is -2.27. The molecule has 12 heteroatoms. The van der Waals surface area contributed by atoms with Crippen LogP contribution in [0.2, 0.25) is 0 Å². The molecule has 1 saturated heterocycles. The molecule has 4 amide bonds. The van der Waals surface area contributed by atoms with Gasteiger partial charge in [-0.1, -0.05) is 6.07 Å². The van der Waals surface area contributed by atoms with Crippen molar-refractivity contribution in [3.8, 4) is 0 Å². The van der Waals surface area contributed by atoms with Crippen LogP contribution >= 0.6 is 0 Å². The molecule has 2 heterocycles. The van der Waals surface area contributed by atoms with Gasteiger partial charge in [-0.15, -0.1) is 0 Å². The first-order valence-corrected chi connectivity index (χ1v) is 11.4. The lowest BCUT2D eigenvalue weighted by molar-refractivity contribution is -0.136. The zero-order valence-electron chi connectivity index (χ0n) is 16.6. The van der Waals surface area contributed by atoms with Crippen molar-refractivity contribution in [2.75, 3.05) is 30.8 Å². The third-order valence-electron chi connectivity index (χ3n) is 4.97. The Balaban J connectivity index is 1.56. The number of nitrogens with zero attached hydrogens (tertiary/aromatic N) is 1. The zero-order chi connectivity index (χ0) is 22.6. The largest absolute Gasteiger partial charge is 0.382 e. The second kappa shape index (κ2) is 9.54. The number of carbonyl (C=O) groups excluding carboxylic acids is 4. The van der Waals surface area contributed by atoms with Crippen LogP contribution in [-0.4, -0.2) is 73.1 Å². The summed E-state index contributed by atoms with van der Waals surface area (Å²) in [4.78, 5) is 50.1. The quantitative estimate of drug-likeness (QED) is 0.255. The van der Waals surface area contributed by atoms with Gasteiger partial charge in [0.15, 0.2) is 0 Å². The van der Waals surface area contributed by atoms with Crippen molar-refractivity contribution in [3.63, 3.8) is 0 Å². The highest BCUT2D eigenvalue weighted by Gasteiger charge is 2.45. The van der Waals surface area contributed by atoms with Gasteiger partial charge in [-0.25, -0.2) is 0 Å². The molecule has 0 radical (unpaired) electrons. The molecule has 0 aliphatic carbocycles. The van der Waals surface area contributed by atoms with Gasteiger partial charge in [0.1, 0.15) is 6.04 Å². The van der Waals surface area contributed by atoms with Crippen LogP contribution in [0.3, 0.4) is 0 Å². The third kappa shape index (κ3) is 5.46. The predicted octanol–water partition coefficient (Wildman–Crippen LogP) is 0.184. The fraction of sp³-hybridized carbons (Fsp3) is 0.474. The summed E-state index contributed by atoms with van der Waals surface area (Å²) in [6.45, 7) is 0.911. The Kier molecular flexibility index (Phi) is 7.03. The summed E-state index contributed by atoms with van der Waals surface area (Å²) in [6, 6.07) is 3.75. The Bertz CT molecular complexity index is 1010. The van der Waals surface area contributed by atoms with Crippen molar-refractivity contribution in [2.45, 2.75) is 31.7 Å². The Morgan fingerprint density at radius 3 is 2.61 bits per heavy atom. The normalized spacial score (nSPS) is 18.9. The van der Waals surface area contributed by atoms with Gasteiger partial charge in [-0.05, 0) is 31.4 Å². The minimum atomic E-state index is -3.97. The van der Waals surface area contributed by atoms with E-state index >= 15 is 0 Å². The number of imide groups is 2. The van der Waals surface area contributed by atoms with E-state index in [1.54, 1.807) is 12.1 Å². The van der Waals surface area contributed by atoms with Gasteiger partial charge >= 0.3 is 0 Å². The second-order valence-electron chi connectivity index (χ2n) is 7.21. The van der Waals surface area contributed by atoms with E-state index in [9.17, 15) is 27.6 Å². The Hall–Kier alpha value is -2.83. The zero-order valence-corrected chi connectivity index (χ0v) is 17.4. The highest BCUT2D eigenvalue weighted by molar-refractivity contribution is 7.85. The van der Waals surface area contributed by atoms with Crippen molar-refractivity contribution in [1.82, 2.24) is 10.2 Å². The molecule has 0 aromatic heterocycles. The van der Waals surface area contributed by atoms with E-state index in [-0.39, 0.29) is 42.7 Å². The highest BCUT2D eigenvalue weighted by Crippen LogP contribution is 2.32. The second-order valence-corrected chi connectivity index (χ2v) is 8.78. The molecule has 2 aliphatic rings. The molecule has 168 valence electrons. The van der Waals surface area contributed by atoms with Crippen LogP contribution < -0.4 is 10.6 Å². The van der Waals surface area contributed by atoms with Crippen LogP contribution in [0.5, 0.6) is 0 Å². The van der Waals surface area contributed by atoms with E-state index in [1.165, 1.54) is 6.07 Å². The fourth-order valence-corrected chi connectivity index (χ4v) is 4.08. The lowest BCUT2D eigenvalue weighted by Crippen LogP contribution is -2.54. The summed E-state index contributed by atoms with van der Waals surface area (Å²) in [6.07, 6.45) is 0.889.